The van der Waals surface area contributed by atoms with Gasteiger partial charge < -0.3 is 9.47 Å². The van der Waals surface area contributed by atoms with Gasteiger partial charge in [0.2, 0.25) is 11.8 Å². The number of ether oxygens (including phenoxy) is 2. The van der Waals surface area contributed by atoms with E-state index in [-0.39, 0.29) is 12.1 Å². The van der Waals surface area contributed by atoms with Crippen molar-refractivity contribution in [2.75, 3.05) is 6.61 Å². The van der Waals surface area contributed by atoms with Crippen LogP contribution in [0.2, 0.25) is 0 Å². The van der Waals surface area contributed by atoms with Crippen LogP contribution in [0.4, 0.5) is 0 Å². The van der Waals surface area contributed by atoms with E-state index in [2.05, 4.69) is 38.1 Å². The molecule has 0 radical (unpaired) electrons. The molecule has 0 fully saturated rings. The fourth-order valence-corrected chi connectivity index (χ4v) is 3.10. The third kappa shape index (κ3) is 5.19. The first kappa shape index (κ1) is 19.2. The Bertz CT molecular complexity index is 769. The van der Waals surface area contributed by atoms with Gasteiger partial charge in [-0.05, 0) is 24.0 Å². The average Bonchev–Trinajstić information content (AvgIpc) is 2.69. The lowest BCUT2D eigenvalue weighted by atomic mass is 10.0. The molecule has 0 saturated carbocycles. The SMILES string of the molecule is CCOC1=N[C@H](Cc2ccccc2)C(OCc2ccccc2)=N[C@H]1C(C)C. The molecule has 0 spiro atoms. The van der Waals surface area contributed by atoms with Crippen molar-refractivity contribution in [1.82, 2.24) is 0 Å². The molecule has 0 aromatic heterocycles. The Morgan fingerprint density at radius 3 is 2.04 bits per heavy atom. The molecule has 1 heterocycles. The summed E-state index contributed by atoms with van der Waals surface area (Å²) in [5.41, 5.74) is 2.33. The molecule has 1 aliphatic heterocycles. The summed E-state index contributed by atoms with van der Waals surface area (Å²) in [5, 5.41) is 0. The molecule has 0 saturated heterocycles. The van der Waals surface area contributed by atoms with Crippen molar-refractivity contribution in [3.63, 3.8) is 0 Å². The van der Waals surface area contributed by atoms with Crippen LogP contribution < -0.4 is 0 Å². The van der Waals surface area contributed by atoms with Gasteiger partial charge in [-0.3, -0.25) is 0 Å². The first-order chi connectivity index (χ1) is 13.2. The predicted octanol–water partition coefficient (Wildman–Crippen LogP) is 4.69. The zero-order valence-corrected chi connectivity index (χ0v) is 16.3. The molecule has 0 aliphatic carbocycles. The van der Waals surface area contributed by atoms with Crippen LogP contribution in [0.5, 0.6) is 0 Å². The van der Waals surface area contributed by atoms with Crippen LogP contribution in [0, 0.1) is 5.92 Å². The summed E-state index contributed by atoms with van der Waals surface area (Å²) >= 11 is 0. The Balaban J connectivity index is 1.83. The lowest BCUT2D eigenvalue weighted by Gasteiger charge is -2.28. The first-order valence-corrected chi connectivity index (χ1v) is 9.66. The minimum Gasteiger partial charge on any atom is -0.480 e. The van der Waals surface area contributed by atoms with Gasteiger partial charge in [0, 0.05) is 6.42 Å². The zero-order chi connectivity index (χ0) is 19.1. The quantitative estimate of drug-likeness (QED) is 0.746. The summed E-state index contributed by atoms with van der Waals surface area (Å²) in [6, 6.07) is 20.2. The van der Waals surface area contributed by atoms with Gasteiger partial charge in [0.15, 0.2) is 0 Å². The average molecular weight is 364 g/mol. The van der Waals surface area contributed by atoms with Gasteiger partial charge in [-0.2, -0.15) is 0 Å². The molecule has 0 bridgehead atoms. The molecule has 27 heavy (non-hydrogen) atoms. The fourth-order valence-electron chi connectivity index (χ4n) is 3.10. The third-order valence-electron chi connectivity index (χ3n) is 4.51. The van der Waals surface area contributed by atoms with Crippen molar-refractivity contribution in [1.29, 1.82) is 0 Å². The van der Waals surface area contributed by atoms with Crippen LogP contribution in [0.15, 0.2) is 70.6 Å². The summed E-state index contributed by atoms with van der Waals surface area (Å²) in [6.45, 7) is 7.34. The van der Waals surface area contributed by atoms with Crippen LogP contribution in [0.3, 0.4) is 0 Å². The van der Waals surface area contributed by atoms with E-state index in [1.807, 2.05) is 43.3 Å². The molecule has 4 heteroatoms. The Morgan fingerprint density at radius 2 is 1.44 bits per heavy atom. The number of hydrogen-bond donors (Lipinski definition) is 0. The third-order valence-corrected chi connectivity index (χ3v) is 4.51. The van der Waals surface area contributed by atoms with E-state index in [0.29, 0.717) is 25.0 Å². The van der Waals surface area contributed by atoms with E-state index < -0.39 is 0 Å². The highest BCUT2D eigenvalue weighted by molar-refractivity contribution is 5.94. The Hall–Kier alpha value is -2.62. The molecule has 0 N–H and O–H groups in total. The molecule has 0 unspecified atom stereocenters. The molecule has 3 rings (SSSR count). The molecular weight excluding hydrogens is 336 g/mol. The van der Waals surface area contributed by atoms with E-state index in [0.717, 1.165) is 17.9 Å². The predicted molar refractivity (Wildman–Crippen MR) is 110 cm³/mol. The number of benzene rings is 2. The van der Waals surface area contributed by atoms with Crippen LogP contribution in [0.25, 0.3) is 0 Å². The van der Waals surface area contributed by atoms with Crippen molar-refractivity contribution >= 4 is 11.8 Å². The van der Waals surface area contributed by atoms with Crippen LogP contribution >= 0.6 is 0 Å². The standard InChI is InChI=1S/C23H28N2O2/c1-4-26-23-21(17(2)3)25-22(27-16-19-13-9-6-10-14-19)20(24-23)15-18-11-7-5-8-12-18/h5-14,17,20-21H,4,15-16H2,1-3H3/t20-,21+/m1/s1. The van der Waals surface area contributed by atoms with Gasteiger partial charge >= 0.3 is 0 Å². The molecule has 2 aromatic carbocycles. The maximum Gasteiger partial charge on any atom is 0.210 e. The number of rotatable bonds is 6. The second kappa shape index (κ2) is 9.36. The van der Waals surface area contributed by atoms with E-state index in [1.54, 1.807) is 0 Å². The van der Waals surface area contributed by atoms with E-state index >= 15 is 0 Å². The highest BCUT2D eigenvalue weighted by Gasteiger charge is 2.31. The maximum absolute atomic E-state index is 6.15. The molecule has 2 aromatic rings. The van der Waals surface area contributed by atoms with E-state index in [9.17, 15) is 0 Å². The van der Waals surface area contributed by atoms with Crippen molar-refractivity contribution in [3.8, 4) is 0 Å². The number of aliphatic imine (C=N–C) groups is 2. The monoisotopic (exact) mass is 364 g/mol. The van der Waals surface area contributed by atoms with Gasteiger partial charge in [-0.15, -0.1) is 0 Å². The lowest BCUT2D eigenvalue weighted by Crippen LogP contribution is -2.39. The second-order valence-corrected chi connectivity index (χ2v) is 7.04. The summed E-state index contributed by atoms with van der Waals surface area (Å²) in [7, 11) is 0. The van der Waals surface area contributed by atoms with E-state index in [4.69, 9.17) is 19.5 Å². The Morgan fingerprint density at radius 1 is 0.815 bits per heavy atom. The van der Waals surface area contributed by atoms with Gasteiger partial charge in [0.1, 0.15) is 18.7 Å². The molecule has 0 amide bonds. The Labute approximate surface area is 162 Å². The lowest BCUT2D eigenvalue weighted by molar-refractivity contribution is 0.258. The van der Waals surface area contributed by atoms with Crippen LogP contribution in [0.1, 0.15) is 31.9 Å². The molecule has 2 atom stereocenters. The van der Waals surface area contributed by atoms with Gasteiger partial charge in [-0.25, -0.2) is 9.98 Å². The minimum absolute atomic E-state index is 0.0947. The first-order valence-electron chi connectivity index (χ1n) is 9.66. The van der Waals surface area contributed by atoms with Gasteiger partial charge in [-0.1, -0.05) is 74.5 Å². The topological polar surface area (TPSA) is 43.2 Å². The highest BCUT2D eigenvalue weighted by Crippen LogP contribution is 2.21. The fraction of sp³-hybridized carbons (Fsp3) is 0.391. The van der Waals surface area contributed by atoms with E-state index in [1.165, 1.54) is 5.56 Å². The van der Waals surface area contributed by atoms with Gasteiger partial charge in [0.05, 0.1) is 6.61 Å². The molecule has 142 valence electrons. The van der Waals surface area contributed by atoms with Crippen molar-refractivity contribution in [2.24, 2.45) is 15.9 Å². The van der Waals surface area contributed by atoms with Crippen molar-refractivity contribution in [3.05, 3.63) is 71.8 Å². The summed E-state index contributed by atoms with van der Waals surface area (Å²) in [6.07, 6.45) is 0.746. The zero-order valence-electron chi connectivity index (χ0n) is 16.3. The van der Waals surface area contributed by atoms with Crippen LogP contribution in [-0.2, 0) is 22.5 Å². The number of nitrogens with zero attached hydrogens (tertiary/aromatic N) is 2. The summed E-state index contributed by atoms with van der Waals surface area (Å²) in [4.78, 5) is 9.81. The Kier molecular flexibility index (Phi) is 6.64. The maximum atomic E-state index is 6.15. The van der Waals surface area contributed by atoms with Crippen LogP contribution in [-0.4, -0.2) is 30.5 Å². The minimum atomic E-state index is -0.160. The van der Waals surface area contributed by atoms with Gasteiger partial charge in [0.25, 0.3) is 0 Å². The van der Waals surface area contributed by atoms with Crippen molar-refractivity contribution < 1.29 is 9.47 Å². The van der Waals surface area contributed by atoms with Crippen molar-refractivity contribution in [2.45, 2.75) is 45.9 Å². The molecule has 4 nitrogen and oxygen atoms in total. The number of hydrogen-bond acceptors (Lipinski definition) is 4. The molecule has 1 aliphatic rings. The largest absolute Gasteiger partial charge is 0.480 e. The summed E-state index contributed by atoms with van der Waals surface area (Å²) < 4.78 is 12.0. The highest BCUT2D eigenvalue weighted by atomic mass is 16.5. The summed E-state index contributed by atoms with van der Waals surface area (Å²) in [5.74, 6) is 1.72. The second-order valence-electron chi connectivity index (χ2n) is 7.04. The smallest absolute Gasteiger partial charge is 0.210 e. The normalized spacial score (nSPS) is 19.4. The molecular formula is C23H28N2O2.